The van der Waals surface area contributed by atoms with Gasteiger partial charge in [0.1, 0.15) is 16.3 Å². The Kier molecular flexibility index (Phi) is 6.10. The third-order valence-electron chi connectivity index (χ3n) is 4.91. The average Bonchev–Trinajstić information content (AvgIpc) is 3.06. The summed E-state index contributed by atoms with van der Waals surface area (Å²) in [5.41, 5.74) is 0.819. The maximum Gasteiger partial charge on any atom is 0.272 e. The van der Waals surface area contributed by atoms with Gasteiger partial charge in [-0.3, -0.25) is 4.79 Å². The van der Waals surface area contributed by atoms with E-state index in [-0.39, 0.29) is 16.5 Å². The first-order chi connectivity index (χ1) is 13.3. The predicted molar refractivity (Wildman–Crippen MR) is 108 cm³/mol. The topological polar surface area (TPSA) is 80.6 Å². The van der Waals surface area contributed by atoms with Gasteiger partial charge in [-0.25, -0.2) is 8.42 Å². The van der Waals surface area contributed by atoms with Crippen molar-refractivity contribution in [2.24, 2.45) is 13.0 Å². The van der Waals surface area contributed by atoms with Crippen LogP contribution in [0, 0.1) is 5.92 Å². The van der Waals surface area contributed by atoms with E-state index in [1.54, 1.807) is 29.8 Å². The maximum absolute atomic E-state index is 13.0. The van der Waals surface area contributed by atoms with Crippen molar-refractivity contribution in [2.45, 2.75) is 31.6 Å². The van der Waals surface area contributed by atoms with Gasteiger partial charge in [0.25, 0.3) is 5.91 Å². The maximum atomic E-state index is 13.0. The molecular formula is C20H27N3O4S. The van der Waals surface area contributed by atoms with E-state index in [0.717, 1.165) is 12.8 Å². The monoisotopic (exact) mass is 405 g/mol. The Balaban J connectivity index is 1.83. The number of rotatable bonds is 6. The molecule has 0 spiro atoms. The van der Waals surface area contributed by atoms with Crippen molar-refractivity contribution in [3.05, 3.63) is 42.2 Å². The van der Waals surface area contributed by atoms with Crippen LogP contribution in [0.1, 0.15) is 37.2 Å². The number of aromatic nitrogens is 1. The molecule has 0 bridgehead atoms. The SMILES string of the molecule is CCOc1ccccc1NC(=O)c1cc(S(=O)(=O)N2CCC[C@@H](C)C2)cn1C. The molecule has 1 aromatic carbocycles. The molecule has 152 valence electrons. The van der Waals surface area contributed by atoms with Crippen LogP contribution >= 0.6 is 0 Å². The number of nitrogens with one attached hydrogen (secondary N) is 1. The van der Waals surface area contributed by atoms with Crippen LogP contribution in [0.15, 0.2) is 41.4 Å². The van der Waals surface area contributed by atoms with Crippen LogP contribution < -0.4 is 10.1 Å². The number of carbonyl (C=O) groups is 1. The minimum absolute atomic E-state index is 0.146. The molecule has 3 rings (SSSR count). The molecule has 8 heteroatoms. The summed E-state index contributed by atoms with van der Waals surface area (Å²) in [6.07, 6.45) is 3.39. The van der Waals surface area contributed by atoms with Gasteiger partial charge in [-0.1, -0.05) is 19.1 Å². The van der Waals surface area contributed by atoms with Crippen molar-refractivity contribution < 1.29 is 17.9 Å². The minimum Gasteiger partial charge on any atom is -0.492 e. The van der Waals surface area contributed by atoms with E-state index in [0.29, 0.717) is 37.1 Å². The molecule has 2 heterocycles. The Morgan fingerprint density at radius 1 is 1.32 bits per heavy atom. The Morgan fingerprint density at radius 3 is 2.79 bits per heavy atom. The zero-order valence-corrected chi connectivity index (χ0v) is 17.3. The summed E-state index contributed by atoms with van der Waals surface area (Å²) in [5, 5.41) is 2.81. The lowest BCUT2D eigenvalue weighted by molar-refractivity contribution is 0.101. The highest BCUT2D eigenvalue weighted by atomic mass is 32.2. The Morgan fingerprint density at radius 2 is 2.07 bits per heavy atom. The van der Waals surface area contributed by atoms with Gasteiger partial charge in [0.2, 0.25) is 10.0 Å². The molecule has 2 aromatic rings. The molecule has 0 saturated carbocycles. The molecular weight excluding hydrogens is 378 g/mol. The summed E-state index contributed by atoms with van der Waals surface area (Å²) in [7, 11) is -1.94. The van der Waals surface area contributed by atoms with Gasteiger partial charge in [0.05, 0.1) is 12.3 Å². The van der Waals surface area contributed by atoms with Crippen LogP contribution in [0.4, 0.5) is 5.69 Å². The van der Waals surface area contributed by atoms with E-state index >= 15 is 0 Å². The van der Waals surface area contributed by atoms with Gasteiger partial charge in [-0.05, 0) is 43.9 Å². The number of para-hydroxylation sites is 2. The second-order valence-electron chi connectivity index (χ2n) is 7.17. The lowest BCUT2D eigenvalue weighted by atomic mass is 10.0. The molecule has 0 radical (unpaired) electrons. The van der Waals surface area contributed by atoms with Gasteiger partial charge < -0.3 is 14.6 Å². The number of amides is 1. The normalized spacial score (nSPS) is 18.0. The number of piperidine rings is 1. The van der Waals surface area contributed by atoms with Crippen LogP contribution in [0.25, 0.3) is 0 Å². The molecule has 1 aromatic heterocycles. The quantitative estimate of drug-likeness (QED) is 0.801. The van der Waals surface area contributed by atoms with Gasteiger partial charge in [-0.2, -0.15) is 4.31 Å². The molecule has 0 aliphatic carbocycles. The fourth-order valence-electron chi connectivity index (χ4n) is 3.45. The van der Waals surface area contributed by atoms with E-state index in [1.807, 2.05) is 13.0 Å². The number of hydrogen-bond donors (Lipinski definition) is 1. The molecule has 28 heavy (non-hydrogen) atoms. The molecule has 0 unspecified atom stereocenters. The Labute approximate surface area is 166 Å². The van der Waals surface area contributed by atoms with Crippen molar-refractivity contribution >= 4 is 21.6 Å². The third-order valence-corrected chi connectivity index (χ3v) is 6.74. The average molecular weight is 406 g/mol. The first-order valence-electron chi connectivity index (χ1n) is 9.52. The Hall–Kier alpha value is -2.32. The minimum atomic E-state index is -3.61. The number of aryl methyl sites for hydroxylation is 1. The zero-order valence-electron chi connectivity index (χ0n) is 16.5. The first kappa shape index (κ1) is 20.4. The predicted octanol–water partition coefficient (Wildman–Crippen LogP) is 3.10. The van der Waals surface area contributed by atoms with Crippen molar-refractivity contribution in [3.63, 3.8) is 0 Å². The van der Waals surface area contributed by atoms with E-state index in [2.05, 4.69) is 12.2 Å². The first-order valence-corrected chi connectivity index (χ1v) is 11.0. The van der Waals surface area contributed by atoms with E-state index in [1.165, 1.54) is 16.6 Å². The molecule has 1 aliphatic rings. The van der Waals surface area contributed by atoms with E-state index in [4.69, 9.17) is 4.74 Å². The van der Waals surface area contributed by atoms with Crippen molar-refractivity contribution in [1.82, 2.24) is 8.87 Å². The highest BCUT2D eigenvalue weighted by Crippen LogP contribution is 2.27. The number of carbonyl (C=O) groups excluding carboxylic acids is 1. The van der Waals surface area contributed by atoms with Gasteiger partial charge in [-0.15, -0.1) is 0 Å². The molecule has 1 fully saturated rings. The number of hydrogen-bond acceptors (Lipinski definition) is 4. The van der Waals surface area contributed by atoms with Gasteiger partial charge in [0, 0.05) is 26.3 Å². The molecule has 1 N–H and O–H groups in total. The summed E-state index contributed by atoms with van der Waals surface area (Å²) >= 11 is 0. The largest absolute Gasteiger partial charge is 0.492 e. The molecule has 1 aliphatic heterocycles. The molecule has 1 amide bonds. The van der Waals surface area contributed by atoms with Crippen LogP contribution in [-0.2, 0) is 17.1 Å². The smallest absolute Gasteiger partial charge is 0.272 e. The summed E-state index contributed by atoms with van der Waals surface area (Å²) in [6, 6.07) is 8.59. The summed E-state index contributed by atoms with van der Waals surface area (Å²) in [4.78, 5) is 12.9. The second-order valence-corrected chi connectivity index (χ2v) is 9.10. The van der Waals surface area contributed by atoms with Gasteiger partial charge >= 0.3 is 0 Å². The van der Waals surface area contributed by atoms with Crippen LogP contribution in [-0.4, -0.2) is 42.9 Å². The van der Waals surface area contributed by atoms with Crippen LogP contribution in [0.2, 0.25) is 0 Å². The summed E-state index contributed by atoms with van der Waals surface area (Å²) in [6.45, 7) is 5.44. The number of benzene rings is 1. The summed E-state index contributed by atoms with van der Waals surface area (Å²) < 4.78 is 34.5. The lowest BCUT2D eigenvalue weighted by Gasteiger charge is -2.29. The molecule has 7 nitrogen and oxygen atoms in total. The highest BCUT2D eigenvalue weighted by molar-refractivity contribution is 7.89. The van der Waals surface area contributed by atoms with Crippen molar-refractivity contribution in [3.8, 4) is 5.75 Å². The number of anilines is 1. The van der Waals surface area contributed by atoms with Crippen LogP contribution in [0.3, 0.4) is 0 Å². The lowest BCUT2D eigenvalue weighted by Crippen LogP contribution is -2.38. The number of ether oxygens (including phenoxy) is 1. The standard InChI is InChI=1S/C20H27N3O4S/c1-4-27-19-10-6-5-9-17(19)21-20(24)18-12-16(14-22(18)3)28(25,26)23-11-7-8-15(2)13-23/h5-6,9-10,12,14-15H,4,7-8,11,13H2,1-3H3,(H,21,24)/t15-/m1/s1. The molecule has 1 atom stereocenters. The van der Waals surface area contributed by atoms with Crippen LogP contribution in [0.5, 0.6) is 5.75 Å². The fraction of sp³-hybridized carbons (Fsp3) is 0.450. The Bertz CT molecular complexity index is 952. The van der Waals surface area contributed by atoms with Crippen molar-refractivity contribution in [1.29, 1.82) is 0 Å². The second kappa shape index (κ2) is 8.36. The van der Waals surface area contributed by atoms with E-state index in [9.17, 15) is 13.2 Å². The van der Waals surface area contributed by atoms with E-state index < -0.39 is 10.0 Å². The summed E-state index contributed by atoms with van der Waals surface area (Å²) in [5.74, 6) is 0.524. The zero-order chi connectivity index (χ0) is 20.3. The van der Waals surface area contributed by atoms with Crippen molar-refractivity contribution in [2.75, 3.05) is 25.0 Å². The fourth-order valence-corrected chi connectivity index (χ4v) is 5.12. The molecule has 1 saturated heterocycles. The third kappa shape index (κ3) is 4.23. The van der Waals surface area contributed by atoms with Gasteiger partial charge in [0.15, 0.2) is 0 Å². The highest BCUT2D eigenvalue weighted by Gasteiger charge is 2.30. The number of nitrogens with zero attached hydrogens (tertiary/aromatic N) is 2. The number of sulfonamides is 1.